The molecule has 0 fully saturated rings. The Morgan fingerprint density at radius 2 is 1.88 bits per heavy atom. The van der Waals surface area contributed by atoms with Crippen molar-refractivity contribution < 1.29 is 37.1 Å². The number of carboxylic acid groups (broad SMARTS) is 1. The lowest BCUT2D eigenvalue weighted by Gasteiger charge is -2.20. The van der Waals surface area contributed by atoms with E-state index in [-0.39, 0.29) is 33.9 Å². The second kappa shape index (κ2) is 8.50. The largest absolute Gasteiger partial charge is 0.478 e. The number of hydrogen-bond acceptors (Lipinski definition) is 6. The Balaban J connectivity index is 1.59. The Morgan fingerprint density at radius 3 is 2.55 bits per heavy atom. The van der Waals surface area contributed by atoms with Crippen LogP contribution in [0.2, 0.25) is 0 Å². The minimum absolute atomic E-state index is 0.0601. The van der Waals surface area contributed by atoms with Crippen molar-refractivity contribution in [3.05, 3.63) is 64.0 Å². The van der Waals surface area contributed by atoms with Gasteiger partial charge in [-0.1, -0.05) is 23.9 Å². The molecule has 0 saturated heterocycles. The van der Waals surface area contributed by atoms with Gasteiger partial charge in [-0.2, -0.15) is 13.2 Å². The number of thioether (sulfide) groups is 1. The maximum absolute atomic E-state index is 14.5. The average molecular weight is 502 g/mol. The van der Waals surface area contributed by atoms with Gasteiger partial charge in [0.2, 0.25) is 0 Å². The first kappa shape index (κ1) is 23.3. The fraction of sp³-hybridized carbons (Fsp3) is 0.190. The molecule has 2 aromatic carbocycles. The van der Waals surface area contributed by atoms with Crippen LogP contribution in [0.5, 0.6) is 0 Å². The summed E-state index contributed by atoms with van der Waals surface area (Å²) in [5.74, 6) is -3.75. The molecule has 1 unspecified atom stereocenters. The third-order valence-corrected chi connectivity index (χ3v) is 7.17. The molecule has 1 atom stereocenters. The first-order chi connectivity index (χ1) is 15.5. The van der Waals surface area contributed by atoms with E-state index in [0.29, 0.717) is 9.96 Å². The molecular weight excluding hydrogens is 487 g/mol. The molecule has 3 N–H and O–H groups in total. The summed E-state index contributed by atoms with van der Waals surface area (Å²) in [6.07, 6.45) is -4.50. The summed E-state index contributed by atoms with van der Waals surface area (Å²) in [5.41, 5.74) is -1.28. The molecule has 0 spiro atoms. The van der Waals surface area contributed by atoms with Crippen molar-refractivity contribution in [1.29, 1.82) is 0 Å². The van der Waals surface area contributed by atoms with Crippen LogP contribution in [0.15, 0.2) is 40.6 Å². The van der Waals surface area contributed by atoms with E-state index in [1.807, 2.05) is 0 Å². The maximum Gasteiger partial charge on any atom is 0.416 e. The number of nitrogens with one attached hydrogen (secondary N) is 1. The summed E-state index contributed by atoms with van der Waals surface area (Å²) in [6.45, 7) is 1.18. The number of aromatic carboxylic acids is 1. The fourth-order valence-corrected chi connectivity index (χ4v) is 5.48. The van der Waals surface area contributed by atoms with Crippen molar-refractivity contribution in [2.24, 2.45) is 0 Å². The van der Waals surface area contributed by atoms with Gasteiger partial charge in [-0.3, -0.25) is 5.21 Å². The van der Waals surface area contributed by atoms with Crippen molar-refractivity contribution in [3.8, 4) is 11.1 Å². The topological polar surface area (TPSA) is 72.8 Å². The Kier molecular flexibility index (Phi) is 6.01. The summed E-state index contributed by atoms with van der Waals surface area (Å²) in [4.78, 5) is 12.5. The van der Waals surface area contributed by atoms with Crippen molar-refractivity contribution in [2.75, 3.05) is 16.9 Å². The number of benzene rings is 2. The summed E-state index contributed by atoms with van der Waals surface area (Å²) in [7, 11) is 0. The quantitative estimate of drug-likeness (QED) is 0.275. The highest BCUT2D eigenvalue weighted by Gasteiger charge is 2.34. The highest BCUT2D eigenvalue weighted by molar-refractivity contribution is 8.00. The van der Waals surface area contributed by atoms with Crippen LogP contribution in [0, 0.1) is 18.6 Å². The van der Waals surface area contributed by atoms with E-state index in [0.717, 1.165) is 23.5 Å². The van der Waals surface area contributed by atoms with Crippen LogP contribution < -0.4 is 10.4 Å². The number of rotatable bonds is 5. The van der Waals surface area contributed by atoms with Crippen LogP contribution in [-0.2, 0) is 6.18 Å². The second-order valence-corrected chi connectivity index (χ2v) is 9.34. The molecule has 0 amide bonds. The Hall–Kier alpha value is -2.83. The molecular formula is C21H15F5N2O3S2. The zero-order chi connectivity index (χ0) is 24.1. The lowest BCUT2D eigenvalue weighted by atomic mass is 10.0. The SMILES string of the molecule is Cc1ccc(-c2csc(N(O)CC3Nc4cc(C(F)(F)F)ccc4S3)c2C(=O)O)c(F)c1F. The molecule has 2 heterocycles. The summed E-state index contributed by atoms with van der Waals surface area (Å²) >= 11 is 1.99. The number of aryl methyl sites for hydroxylation is 1. The number of halogens is 5. The molecule has 0 saturated carbocycles. The fourth-order valence-electron chi connectivity index (χ4n) is 3.40. The first-order valence-electron chi connectivity index (χ1n) is 9.38. The number of carbonyl (C=O) groups is 1. The van der Waals surface area contributed by atoms with Crippen LogP contribution in [0.4, 0.5) is 32.6 Å². The molecule has 1 aliphatic heterocycles. The number of carboxylic acids is 1. The van der Waals surface area contributed by atoms with Gasteiger partial charge in [0.05, 0.1) is 17.5 Å². The van der Waals surface area contributed by atoms with Gasteiger partial charge in [-0.25, -0.2) is 18.6 Å². The van der Waals surface area contributed by atoms with Crippen LogP contribution in [0.3, 0.4) is 0 Å². The number of anilines is 2. The second-order valence-electron chi connectivity index (χ2n) is 7.23. The average Bonchev–Trinajstić information content (AvgIpc) is 3.34. The standard InChI is InChI=1S/C21H15F5N2O3S2/c1-9-2-4-11(18(23)17(9)22)12-8-32-19(16(12)20(29)30)28(31)7-15-27-13-6-10(21(24,25)26)3-5-14(13)33-15/h2-6,8,15,27,31H,7H2,1H3,(H,29,30). The van der Waals surface area contributed by atoms with Gasteiger partial charge in [0.1, 0.15) is 10.6 Å². The van der Waals surface area contributed by atoms with E-state index in [2.05, 4.69) is 5.32 Å². The minimum atomic E-state index is -4.50. The van der Waals surface area contributed by atoms with Gasteiger partial charge in [0.15, 0.2) is 11.6 Å². The van der Waals surface area contributed by atoms with E-state index >= 15 is 0 Å². The molecule has 4 rings (SSSR count). The monoisotopic (exact) mass is 502 g/mol. The van der Waals surface area contributed by atoms with Gasteiger partial charge in [-0.15, -0.1) is 11.3 Å². The smallest absolute Gasteiger partial charge is 0.416 e. The molecule has 174 valence electrons. The number of hydroxylamine groups is 1. The molecule has 12 heteroatoms. The number of alkyl halides is 3. The highest BCUT2D eigenvalue weighted by atomic mass is 32.2. The van der Waals surface area contributed by atoms with Gasteiger partial charge in [0, 0.05) is 27.1 Å². The van der Waals surface area contributed by atoms with Crippen molar-refractivity contribution in [1.82, 2.24) is 0 Å². The van der Waals surface area contributed by atoms with Gasteiger partial charge in [0.25, 0.3) is 0 Å². The Morgan fingerprint density at radius 1 is 1.15 bits per heavy atom. The number of nitrogens with zero attached hydrogens (tertiary/aromatic N) is 1. The summed E-state index contributed by atoms with van der Waals surface area (Å²) in [6, 6.07) is 5.81. The van der Waals surface area contributed by atoms with Gasteiger partial charge in [-0.05, 0) is 30.7 Å². The van der Waals surface area contributed by atoms with E-state index < -0.39 is 40.3 Å². The zero-order valence-corrected chi connectivity index (χ0v) is 18.3. The molecule has 0 bridgehead atoms. The lowest BCUT2D eigenvalue weighted by molar-refractivity contribution is -0.137. The molecule has 5 nitrogen and oxygen atoms in total. The van der Waals surface area contributed by atoms with Gasteiger partial charge < -0.3 is 10.4 Å². The molecule has 33 heavy (non-hydrogen) atoms. The molecule has 3 aromatic rings. The summed E-state index contributed by atoms with van der Waals surface area (Å²) < 4.78 is 67.3. The van der Waals surface area contributed by atoms with Crippen LogP contribution in [-0.4, -0.2) is 28.2 Å². The predicted molar refractivity (Wildman–Crippen MR) is 115 cm³/mol. The van der Waals surface area contributed by atoms with E-state index in [1.165, 1.54) is 42.3 Å². The van der Waals surface area contributed by atoms with Crippen molar-refractivity contribution in [2.45, 2.75) is 23.4 Å². The number of fused-ring (bicyclic) bond motifs is 1. The third kappa shape index (κ3) is 4.37. The third-order valence-electron chi connectivity index (χ3n) is 5.02. The Labute approximate surface area is 192 Å². The van der Waals surface area contributed by atoms with E-state index in [4.69, 9.17) is 0 Å². The van der Waals surface area contributed by atoms with Crippen LogP contribution >= 0.6 is 23.1 Å². The predicted octanol–water partition coefficient (Wildman–Crippen LogP) is 6.46. The molecule has 1 aromatic heterocycles. The van der Waals surface area contributed by atoms with Crippen molar-refractivity contribution >= 4 is 39.8 Å². The number of thiophene rings is 1. The first-order valence-corrected chi connectivity index (χ1v) is 11.1. The normalized spacial score (nSPS) is 15.3. The molecule has 0 radical (unpaired) electrons. The lowest BCUT2D eigenvalue weighted by Crippen LogP contribution is -2.31. The van der Waals surface area contributed by atoms with Gasteiger partial charge >= 0.3 is 12.1 Å². The molecule has 1 aliphatic rings. The number of hydrogen-bond donors (Lipinski definition) is 3. The summed E-state index contributed by atoms with van der Waals surface area (Å²) in [5, 5.41) is 24.4. The Bertz CT molecular complexity index is 1250. The maximum atomic E-state index is 14.5. The minimum Gasteiger partial charge on any atom is -0.478 e. The van der Waals surface area contributed by atoms with Crippen LogP contribution in [0.25, 0.3) is 11.1 Å². The zero-order valence-electron chi connectivity index (χ0n) is 16.7. The van der Waals surface area contributed by atoms with E-state index in [1.54, 1.807) is 0 Å². The molecule has 0 aliphatic carbocycles. The van der Waals surface area contributed by atoms with Crippen molar-refractivity contribution in [3.63, 3.8) is 0 Å². The highest BCUT2D eigenvalue weighted by Crippen LogP contribution is 2.44. The van der Waals surface area contributed by atoms with Crippen LogP contribution in [0.1, 0.15) is 21.5 Å². The van der Waals surface area contributed by atoms with E-state index in [9.17, 15) is 37.1 Å².